The van der Waals surface area contributed by atoms with Crippen LogP contribution in [-0.2, 0) is 6.42 Å². The highest BCUT2D eigenvalue weighted by Gasteiger charge is 2.10. The van der Waals surface area contributed by atoms with Gasteiger partial charge in [-0.1, -0.05) is 6.07 Å². The fourth-order valence-corrected chi connectivity index (χ4v) is 2.05. The number of aromatic amines is 2. The molecule has 102 valence electrons. The number of carbonyl (C=O) groups is 1. The van der Waals surface area contributed by atoms with Gasteiger partial charge in [0.05, 0.1) is 17.4 Å². The summed E-state index contributed by atoms with van der Waals surface area (Å²) in [6.07, 6.45) is 4.24. The first-order valence-corrected chi connectivity index (χ1v) is 6.23. The summed E-state index contributed by atoms with van der Waals surface area (Å²) < 4.78 is 0. The minimum atomic E-state index is -0.480. The Morgan fingerprint density at radius 2 is 2.30 bits per heavy atom. The number of nitrogens with zero attached hydrogens (tertiary/aromatic N) is 2. The first kappa shape index (κ1) is 12.2. The van der Waals surface area contributed by atoms with Crippen LogP contribution in [0, 0.1) is 0 Å². The SMILES string of the molecule is NC(=O)c1cccc2[nH]c(NCCc3cnc[nH]3)nc12. The number of aromatic nitrogens is 4. The molecule has 3 rings (SSSR count). The van der Waals surface area contributed by atoms with Gasteiger partial charge in [-0.15, -0.1) is 0 Å². The van der Waals surface area contributed by atoms with Gasteiger partial charge in [0.25, 0.3) is 5.91 Å². The van der Waals surface area contributed by atoms with E-state index in [1.807, 2.05) is 6.07 Å². The Hall–Kier alpha value is -2.83. The maximum atomic E-state index is 11.3. The van der Waals surface area contributed by atoms with E-state index in [2.05, 4.69) is 25.3 Å². The number of H-pyrrole nitrogens is 2. The quantitative estimate of drug-likeness (QED) is 0.554. The third-order valence-corrected chi connectivity index (χ3v) is 3.02. The van der Waals surface area contributed by atoms with Crippen LogP contribution in [0.25, 0.3) is 11.0 Å². The number of imidazole rings is 2. The van der Waals surface area contributed by atoms with Crippen LogP contribution in [0.3, 0.4) is 0 Å². The predicted molar refractivity (Wildman–Crippen MR) is 75.4 cm³/mol. The van der Waals surface area contributed by atoms with E-state index >= 15 is 0 Å². The van der Waals surface area contributed by atoms with Crippen LogP contribution in [0.2, 0.25) is 0 Å². The van der Waals surface area contributed by atoms with Gasteiger partial charge in [-0.25, -0.2) is 9.97 Å². The van der Waals surface area contributed by atoms with Crippen molar-refractivity contribution in [3.63, 3.8) is 0 Å². The number of benzene rings is 1. The number of fused-ring (bicyclic) bond motifs is 1. The van der Waals surface area contributed by atoms with E-state index in [4.69, 9.17) is 5.73 Å². The van der Waals surface area contributed by atoms with Gasteiger partial charge in [0.2, 0.25) is 5.95 Å². The van der Waals surface area contributed by atoms with Crippen molar-refractivity contribution in [2.24, 2.45) is 5.73 Å². The van der Waals surface area contributed by atoms with Gasteiger partial charge >= 0.3 is 0 Å². The van der Waals surface area contributed by atoms with Gasteiger partial charge < -0.3 is 21.0 Å². The van der Waals surface area contributed by atoms with E-state index in [9.17, 15) is 4.79 Å². The van der Waals surface area contributed by atoms with Crippen LogP contribution in [-0.4, -0.2) is 32.4 Å². The molecule has 0 saturated heterocycles. The number of nitrogens with two attached hydrogens (primary N) is 1. The van der Waals surface area contributed by atoms with Crippen molar-refractivity contribution in [1.29, 1.82) is 0 Å². The number of carbonyl (C=O) groups excluding carboxylic acids is 1. The van der Waals surface area contributed by atoms with E-state index in [-0.39, 0.29) is 0 Å². The van der Waals surface area contributed by atoms with Gasteiger partial charge in [-0.3, -0.25) is 4.79 Å². The molecular formula is C13H14N6O. The van der Waals surface area contributed by atoms with Crippen molar-refractivity contribution < 1.29 is 4.79 Å². The lowest BCUT2D eigenvalue weighted by molar-refractivity contribution is 0.100. The summed E-state index contributed by atoms with van der Waals surface area (Å²) in [6, 6.07) is 5.30. The van der Waals surface area contributed by atoms with Crippen molar-refractivity contribution in [1.82, 2.24) is 19.9 Å². The smallest absolute Gasteiger partial charge is 0.250 e. The summed E-state index contributed by atoms with van der Waals surface area (Å²) in [5.41, 5.74) is 8.16. The highest BCUT2D eigenvalue weighted by atomic mass is 16.1. The van der Waals surface area contributed by atoms with Gasteiger partial charge in [-0.2, -0.15) is 0 Å². The highest BCUT2D eigenvalue weighted by molar-refractivity contribution is 6.04. The zero-order chi connectivity index (χ0) is 13.9. The average Bonchev–Trinajstić information content (AvgIpc) is 3.06. The van der Waals surface area contributed by atoms with Gasteiger partial charge in [0, 0.05) is 24.9 Å². The topological polar surface area (TPSA) is 112 Å². The van der Waals surface area contributed by atoms with Crippen LogP contribution >= 0.6 is 0 Å². The van der Waals surface area contributed by atoms with Gasteiger partial charge in [-0.05, 0) is 12.1 Å². The van der Waals surface area contributed by atoms with Crippen LogP contribution in [0.4, 0.5) is 5.95 Å². The van der Waals surface area contributed by atoms with E-state index in [0.717, 1.165) is 17.6 Å². The zero-order valence-electron chi connectivity index (χ0n) is 10.7. The molecule has 0 saturated carbocycles. The molecule has 0 aliphatic carbocycles. The molecule has 7 heteroatoms. The van der Waals surface area contributed by atoms with Crippen molar-refractivity contribution >= 4 is 22.9 Å². The lowest BCUT2D eigenvalue weighted by atomic mass is 10.2. The lowest BCUT2D eigenvalue weighted by Crippen LogP contribution is -2.11. The monoisotopic (exact) mass is 270 g/mol. The molecule has 0 fully saturated rings. The molecule has 0 radical (unpaired) electrons. The maximum absolute atomic E-state index is 11.3. The van der Waals surface area contributed by atoms with Gasteiger partial charge in [0.15, 0.2) is 0 Å². The molecule has 1 aromatic carbocycles. The number of hydrogen-bond donors (Lipinski definition) is 4. The Kier molecular flexibility index (Phi) is 3.08. The van der Waals surface area contributed by atoms with Crippen LogP contribution in [0.15, 0.2) is 30.7 Å². The third kappa shape index (κ3) is 2.33. The largest absolute Gasteiger partial charge is 0.366 e. The minimum Gasteiger partial charge on any atom is -0.366 e. The molecule has 20 heavy (non-hydrogen) atoms. The predicted octanol–water partition coefficient (Wildman–Crippen LogP) is 1.04. The van der Waals surface area contributed by atoms with Crippen LogP contribution < -0.4 is 11.1 Å². The minimum absolute atomic E-state index is 0.417. The number of primary amides is 1. The fourth-order valence-electron chi connectivity index (χ4n) is 2.05. The summed E-state index contributed by atoms with van der Waals surface area (Å²) in [5.74, 6) is 0.138. The van der Waals surface area contributed by atoms with E-state index in [0.29, 0.717) is 23.6 Å². The Morgan fingerprint density at radius 1 is 1.40 bits per heavy atom. The van der Waals surface area contributed by atoms with E-state index < -0.39 is 5.91 Å². The van der Waals surface area contributed by atoms with Crippen molar-refractivity contribution in [3.05, 3.63) is 42.0 Å². The Balaban J connectivity index is 1.76. The summed E-state index contributed by atoms with van der Waals surface area (Å²) in [7, 11) is 0. The number of anilines is 1. The molecule has 0 aliphatic heterocycles. The zero-order valence-corrected chi connectivity index (χ0v) is 10.7. The Labute approximate surface area is 114 Å². The number of rotatable bonds is 5. The highest BCUT2D eigenvalue weighted by Crippen LogP contribution is 2.18. The van der Waals surface area contributed by atoms with Crippen molar-refractivity contribution in [2.45, 2.75) is 6.42 Å². The summed E-state index contributed by atoms with van der Waals surface area (Å²) in [6.45, 7) is 0.702. The number of para-hydroxylation sites is 1. The van der Waals surface area contributed by atoms with E-state index in [1.54, 1.807) is 24.7 Å². The average molecular weight is 270 g/mol. The lowest BCUT2D eigenvalue weighted by Gasteiger charge is -2.00. The van der Waals surface area contributed by atoms with E-state index in [1.165, 1.54) is 0 Å². The Bertz CT molecular complexity index is 730. The molecule has 5 N–H and O–H groups in total. The van der Waals surface area contributed by atoms with Crippen LogP contribution in [0.1, 0.15) is 16.1 Å². The number of amides is 1. The molecule has 0 atom stereocenters. The molecule has 3 aromatic rings. The maximum Gasteiger partial charge on any atom is 0.250 e. The second-order valence-electron chi connectivity index (χ2n) is 4.41. The number of hydrogen-bond acceptors (Lipinski definition) is 4. The third-order valence-electron chi connectivity index (χ3n) is 3.02. The normalized spacial score (nSPS) is 10.8. The molecule has 0 unspecified atom stereocenters. The molecular weight excluding hydrogens is 256 g/mol. The standard InChI is InChI=1S/C13H14N6O/c14-12(20)9-2-1-3-10-11(9)19-13(18-10)16-5-4-8-6-15-7-17-8/h1-3,6-7H,4-5H2,(H2,14,20)(H,15,17)(H2,16,18,19). The first-order chi connectivity index (χ1) is 9.74. The molecule has 0 spiro atoms. The first-order valence-electron chi connectivity index (χ1n) is 6.23. The second-order valence-corrected chi connectivity index (χ2v) is 4.41. The van der Waals surface area contributed by atoms with Crippen molar-refractivity contribution in [3.8, 4) is 0 Å². The molecule has 2 heterocycles. The van der Waals surface area contributed by atoms with Gasteiger partial charge in [0.1, 0.15) is 5.52 Å². The fraction of sp³-hybridized carbons (Fsp3) is 0.154. The van der Waals surface area contributed by atoms with Crippen molar-refractivity contribution in [2.75, 3.05) is 11.9 Å². The van der Waals surface area contributed by atoms with Crippen LogP contribution in [0.5, 0.6) is 0 Å². The molecule has 1 amide bonds. The summed E-state index contributed by atoms with van der Waals surface area (Å²) in [5, 5.41) is 3.17. The molecule has 2 aromatic heterocycles. The summed E-state index contributed by atoms with van der Waals surface area (Å²) in [4.78, 5) is 25.8. The molecule has 0 aliphatic rings. The summed E-state index contributed by atoms with van der Waals surface area (Å²) >= 11 is 0. The number of nitrogens with one attached hydrogen (secondary N) is 3. The Morgan fingerprint density at radius 3 is 3.05 bits per heavy atom. The second kappa shape index (κ2) is 5.04. The molecule has 0 bridgehead atoms. The molecule has 7 nitrogen and oxygen atoms in total.